The number of benzene rings is 1. The number of nitrogens with zero attached hydrogens (tertiary/aromatic N) is 2. The summed E-state index contributed by atoms with van der Waals surface area (Å²) in [4.78, 5) is 27.5. The van der Waals surface area contributed by atoms with E-state index in [0.717, 1.165) is 15.5 Å². The number of halogens is 1. The average Bonchev–Trinajstić information content (AvgIpc) is 3.56. The number of rotatable bonds is 5. The van der Waals surface area contributed by atoms with Gasteiger partial charge in [-0.05, 0) is 35.0 Å². The Kier molecular flexibility index (Phi) is 5.39. The fraction of sp³-hybridized carbons (Fsp3) is 0.190. The Morgan fingerprint density at radius 1 is 1.19 bits per heavy atom. The number of hydrogen-bond acceptors (Lipinski definition) is 8. The van der Waals surface area contributed by atoms with Crippen LogP contribution in [0, 0.1) is 0 Å². The topological polar surface area (TPSA) is 77.4 Å². The molecule has 0 radical (unpaired) electrons. The van der Waals surface area contributed by atoms with Crippen molar-refractivity contribution in [3.05, 3.63) is 67.5 Å². The Labute approximate surface area is 190 Å². The van der Waals surface area contributed by atoms with Crippen LogP contribution in [0.4, 0.5) is 0 Å². The van der Waals surface area contributed by atoms with Crippen LogP contribution in [0.2, 0.25) is 5.02 Å². The fourth-order valence-corrected chi connectivity index (χ4v) is 5.19. The maximum Gasteiger partial charge on any atom is 0.338 e. The number of carbonyl (C=O) groups excluding carboxylic acids is 2. The molecule has 5 rings (SSSR count). The molecule has 2 aliphatic heterocycles. The van der Waals surface area contributed by atoms with Crippen molar-refractivity contribution in [1.29, 1.82) is 0 Å². The largest absolute Gasteiger partial charge is 0.454 e. The van der Waals surface area contributed by atoms with E-state index in [-0.39, 0.29) is 23.4 Å². The molecule has 0 saturated carbocycles. The third-order valence-electron chi connectivity index (χ3n) is 4.83. The number of hydrogen-bond donors (Lipinski definition) is 0. The lowest BCUT2D eigenvalue weighted by Crippen LogP contribution is -2.31. The predicted octanol–water partition coefficient (Wildman–Crippen LogP) is 4.73. The first-order valence-corrected chi connectivity index (χ1v) is 11.5. The Morgan fingerprint density at radius 3 is 2.81 bits per heavy atom. The molecule has 3 aromatic rings. The second kappa shape index (κ2) is 8.33. The Balaban J connectivity index is 1.31. The van der Waals surface area contributed by atoms with Crippen LogP contribution in [0.15, 0.2) is 52.3 Å². The van der Waals surface area contributed by atoms with Gasteiger partial charge in [-0.2, -0.15) is 5.10 Å². The average molecular weight is 475 g/mol. The molecular weight excluding hydrogens is 460 g/mol. The minimum atomic E-state index is -0.678. The van der Waals surface area contributed by atoms with E-state index in [1.54, 1.807) is 22.7 Å². The third-order valence-corrected chi connectivity index (χ3v) is 7.01. The minimum Gasteiger partial charge on any atom is -0.454 e. The smallest absolute Gasteiger partial charge is 0.338 e. The SMILES string of the molecule is O=C(OCC(=O)N1N=C(c2cccs2)CC1c1cccs1)c1cc(Cl)c2c(c1)OCO2. The van der Waals surface area contributed by atoms with E-state index < -0.39 is 18.5 Å². The highest BCUT2D eigenvalue weighted by atomic mass is 35.5. The monoisotopic (exact) mass is 474 g/mol. The van der Waals surface area contributed by atoms with Crippen molar-refractivity contribution in [2.45, 2.75) is 12.5 Å². The van der Waals surface area contributed by atoms with Crippen LogP contribution >= 0.6 is 34.3 Å². The quantitative estimate of drug-likeness (QED) is 0.500. The molecule has 1 unspecified atom stereocenters. The summed E-state index contributed by atoms with van der Waals surface area (Å²) in [5.74, 6) is -0.318. The van der Waals surface area contributed by atoms with Gasteiger partial charge in [0.25, 0.3) is 5.91 Å². The van der Waals surface area contributed by atoms with Crippen LogP contribution in [-0.2, 0) is 9.53 Å². The van der Waals surface area contributed by atoms with Gasteiger partial charge in [-0.3, -0.25) is 4.79 Å². The van der Waals surface area contributed by atoms with Gasteiger partial charge >= 0.3 is 5.97 Å². The van der Waals surface area contributed by atoms with Crippen molar-refractivity contribution in [3.63, 3.8) is 0 Å². The molecule has 1 aromatic carbocycles. The lowest BCUT2D eigenvalue weighted by atomic mass is 10.1. The minimum absolute atomic E-state index is 0.0374. The molecule has 31 heavy (non-hydrogen) atoms. The van der Waals surface area contributed by atoms with Crippen LogP contribution in [0.1, 0.15) is 32.6 Å². The summed E-state index contributed by atoms with van der Waals surface area (Å²) < 4.78 is 15.8. The number of ether oxygens (including phenoxy) is 3. The second-order valence-electron chi connectivity index (χ2n) is 6.77. The molecule has 1 amide bonds. The molecule has 4 heterocycles. The lowest BCUT2D eigenvalue weighted by Gasteiger charge is -2.20. The van der Waals surface area contributed by atoms with E-state index in [1.165, 1.54) is 17.1 Å². The summed E-state index contributed by atoms with van der Waals surface area (Å²) >= 11 is 9.26. The first kappa shape index (κ1) is 20.0. The molecule has 158 valence electrons. The summed E-state index contributed by atoms with van der Waals surface area (Å²) in [7, 11) is 0. The molecule has 0 spiro atoms. The molecule has 1 atom stereocenters. The number of fused-ring (bicyclic) bond motifs is 1. The molecule has 0 fully saturated rings. The standard InChI is InChI=1S/C21H15ClN2O5S2/c22-13-7-12(8-16-20(13)29-11-28-16)21(26)27-10-19(25)24-15(18-4-2-6-31-18)9-14(23-24)17-3-1-5-30-17/h1-8,15H,9-11H2. The van der Waals surface area contributed by atoms with Crippen LogP contribution in [0.3, 0.4) is 0 Å². The zero-order valence-electron chi connectivity index (χ0n) is 15.9. The number of carbonyl (C=O) groups is 2. The van der Waals surface area contributed by atoms with Gasteiger partial charge in [-0.25, -0.2) is 9.80 Å². The van der Waals surface area contributed by atoms with E-state index in [9.17, 15) is 9.59 Å². The normalized spacial score (nSPS) is 17.0. The van der Waals surface area contributed by atoms with E-state index >= 15 is 0 Å². The van der Waals surface area contributed by atoms with Crippen molar-refractivity contribution in [1.82, 2.24) is 5.01 Å². The number of esters is 1. The molecule has 0 N–H and O–H groups in total. The second-order valence-corrected chi connectivity index (χ2v) is 9.10. The first-order chi connectivity index (χ1) is 15.1. The zero-order chi connectivity index (χ0) is 21.4. The first-order valence-electron chi connectivity index (χ1n) is 9.33. The Bertz CT molecular complexity index is 1160. The highest BCUT2D eigenvalue weighted by Crippen LogP contribution is 2.40. The molecule has 2 aliphatic rings. The van der Waals surface area contributed by atoms with Gasteiger partial charge in [0.05, 0.1) is 27.2 Å². The highest BCUT2D eigenvalue weighted by Gasteiger charge is 2.34. The van der Waals surface area contributed by atoms with Gasteiger partial charge < -0.3 is 14.2 Å². The van der Waals surface area contributed by atoms with Crippen LogP contribution in [0.5, 0.6) is 11.5 Å². The predicted molar refractivity (Wildman–Crippen MR) is 117 cm³/mol. The maximum atomic E-state index is 12.9. The Hall–Kier alpha value is -2.88. The molecular formula is C21H15ClN2O5S2. The molecule has 2 aromatic heterocycles. The molecule has 7 nitrogen and oxygen atoms in total. The molecule has 0 bridgehead atoms. The van der Waals surface area contributed by atoms with Crippen molar-refractivity contribution >= 4 is 51.9 Å². The number of hydrazone groups is 1. The molecule has 10 heteroatoms. The van der Waals surface area contributed by atoms with Gasteiger partial charge in [-0.15, -0.1) is 22.7 Å². The highest BCUT2D eigenvalue weighted by molar-refractivity contribution is 7.12. The maximum absolute atomic E-state index is 12.9. The van der Waals surface area contributed by atoms with E-state index in [4.69, 9.17) is 25.8 Å². The zero-order valence-corrected chi connectivity index (χ0v) is 18.3. The van der Waals surface area contributed by atoms with E-state index in [2.05, 4.69) is 5.10 Å². The fourth-order valence-electron chi connectivity index (χ4n) is 3.40. The summed E-state index contributed by atoms with van der Waals surface area (Å²) in [6.07, 6.45) is 0.610. The lowest BCUT2D eigenvalue weighted by molar-refractivity contribution is -0.136. The summed E-state index contributed by atoms with van der Waals surface area (Å²) in [5, 5.41) is 10.1. The summed E-state index contributed by atoms with van der Waals surface area (Å²) in [5.41, 5.74) is 1.02. The van der Waals surface area contributed by atoms with Crippen LogP contribution in [-0.4, -0.2) is 36.0 Å². The van der Waals surface area contributed by atoms with Gasteiger partial charge in [0.15, 0.2) is 18.1 Å². The number of thiophene rings is 2. The number of amides is 1. The molecule has 0 aliphatic carbocycles. The van der Waals surface area contributed by atoms with Crippen molar-refractivity contribution in [2.75, 3.05) is 13.4 Å². The van der Waals surface area contributed by atoms with Crippen molar-refractivity contribution < 1.29 is 23.8 Å². The summed E-state index contributed by atoms with van der Waals surface area (Å²) in [6, 6.07) is 10.5. The van der Waals surface area contributed by atoms with Crippen LogP contribution < -0.4 is 9.47 Å². The van der Waals surface area contributed by atoms with E-state index in [0.29, 0.717) is 17.9 Å². The third kappa shape index (κ3) is 3.91. The van der Waals surface area contributed by atoms with Crippen molar-refractivity contribution in [2.24, 2.45) is 5.10 Å². The van der Waals surface area contributed by atoms with Gasteiger partial charge in [0, 0.05) is 11.3 Å². The van der Waals surface area contributed by atoms with Crippen LogP contribution in [0.25, 0.3) is 0 Å². The molecule has 0 saturated heterocycles. The Morgan fingerprint density at radius 2 is 2.03 bits per heavy atom. The van der Waals surface area contributed by atoms with E-state index in [1.807, 2.05) is 35.0 Å². The van der Waals surface area contributed by atoms with Crippen molar-refractivity contribution in [3.8, 4) is 11.5 Å². The van der Waals surface area contributed by atoms with Gasteiger partial charge in [-0.1, -0.05) is 23.7 Å². The van der Waals surface area contributed by atoms with Gasteiger partial charge in [0.2, 0.25) is 6.79 Å². The summed E-state index contributed by atoms with van der Waals surface area (Å²) in [6.45, 7) is -0.399. The van der Waals surface area contributed by atoms with Gasteiger partial charge in [0.1, 0.15) is 0 Å².